The number of nitrogens with zero attached hydrogens (tertiary/aromatic N) is 4. The van der Waals surface area contributed by atoms with Crippen LogP contribution >= 0.6 is 11.8 Å². The number of aryl methyl sites for hydroxylation is 1. The van der Waals surface area contributed by atoms with E-state index in [2.05, 4.69) is 20.6 Å². The predicted molar refractivity (Wildman–Crippen MR) is 118 cm³/mol. The largest absolute Gasteiger partial charge is 0.497 e. The number of carbonyl (C=O) groups is 1. The molecule has 152 valence electrons. The maximum absolute atomic E-state index is 12.4. The number of carbonyl (C=O) groups excluding carboxylic acids is 1. The fraction of sp³-hybridized carbons (Fsp3) is 0.182. The average Bonchev–Trinajstić information content (AvgIpc) is 3.19. The highest BCUT2D eigenvalue weighted by Gasteiger charge is 2.12. The molecule has 30 heavy (non-hydrogen) atoms. The lowest BCUT2D eigenvalue weighted by Gasteiger charge is -2.10. The molecule has 1 amide bonds. The summed E-state index contributed by atoms with van der Waals surface area (Å²) in [4.78, 5) is 12.4. The number of nitrogens with one attached hydrogen (secondary N) is 1. The summed E-state index contributed by atoms with van der Waals surface area (Å²) in [5.41, 5.74) is 4.58. The van der Waals surface area contributed by atoms with Gasteiger partial charge in [-0.05, 0) is 67.4 Å². The van der Waals surface area contributed by atoms with Gasteiger partial charge in [0.1, 0.15) is 10.8 Å². The summed E-state index contributed by atoms with van der Waals surface area (Å²) >= 11 is 1.37. The fourth-order valence-corrected chi connectivity index (χ4v) is 3.64. The van der Waals surface area contributed by atoms with Crippen LogP contribution in [-0.4, -0.2) is 38.6 Å². The normalized spacial score (nSPS) is 10.9. The van der Waals surface area contributed by atoms with Gasteiger partial charge in [0.2, 0.25) is 5.91 Å². The Hall–Kier alpha value is -3.39. The minimum Gasteiger partial charge on any atom is -0.497 e. The standard InChI is InChI=1S/C22H21N5O2S/c1-14-5-4-6-18(15(14)2)23-20(28)13-30-21-12-11-19-24-25-22(27(19)26-21)16-7-9-17(29-3)10-8-16/h4-12H,13H2,1-3H3,(H,23,28). The third-order valence-electron chi connectivity index (χ3n) is 4.82. The summed E-state index contributed by atoms with van der Waals surface area (Å²) in [7, 11) is 1.63. The number of hydrogen-bond donors (Lipinski definition) is 1. The monoisotopic (exact) mass is 419 g/mol. The van der Waals surface area contributed by atoms with Gasteiger partial charge < -0.3 is 10.1 Å². The summed E-state index contributed by atoms with van der Waals surface area (Å²) < 4.78 is 6.89. The van der Waals surface area contributed by atoms with Crippen LogP contribution < -0.4 is 10.1 Å². The molecule has 0 aliphatic carbocycles. The Bertz CT molecular complexity index is 1200. The Morgan fingerprint density at radius 3 is 2.63 bits per heavy atom. The molecule has 1 N–H and O–H groups in total. The van der Waals surface area contributed by atoms with E-state index in [0.717, 1.165) is 28.1 Å². The van der Waals surface area contributed by atoms with Crippen LogP contribution in [0.1, 0.15) is 11.1 Å². The Balaban J connectivity index is 1.49. The number of thioether (sulfide) groups is 1. The van der Waals surface area contributed by atoms with E-state index in [0.29, 0.717) is 16.5 Å². The first kappa shape index (κ1) is 19.9. The summed E-state index contributed by atoms with van der Waals surface area (Å²) in [6, 6.07) is 17.1. The van der Waals surface area contributed by atoms with Gasteiger partial charge in [-0.15, -0.1) is 10.2 Å². The number of fused-ring (bicyclic) bond motifs is 1. The lowest BCUT2D eigenvalue weighted by atomic mass is 10.1. The highest BCUT2D eigenvalue weighted by atomic mass is 32.2. The molecule has 4 rings (SSSR count). The molecule has 7 nitrogen and oxygen atoms in total. The smallest absolute Gasteiger partial charge is 0.234 e. The lowest BCUT2D eigenvalue weighted by Crippen LogP contribution is -2.15. The van der Waals surface area contributed by atoms with Crippen LogP contribution in [0.5, 0.6) is 5.75 Å². The molecule has 0 saturated carbocycles. The summed E-state index contributed by atoms with van der Waals surface area (Å²) in [6.45, 7) is 4.03. The molecule has 0 unspecified atom stereocenters. The second kappa shape index (κ2) is 8.54. The highest BCUT2D eigenvalue weighted by molar-refractivity contribution is 7.99. The molecule has 0 bridgehead atoms. The first-order chi connectivity index (χ1) is 14.5. The fourth-order valence-electron chi connectivity index (χ4n) is 2.98. The number of anilines is 1. The molecule has 8 heteroatoms. The van der Waals surface area contributed by atoms with Gasteiger partial charge in [0.15, 0.2) is 11.5 Å². The van der Waals surface area contributed by atoms with E-state index in [4.69, 9.17) is 4.74 Å². The van der Waals surface area contributed by atoms with Crippen LogP contribution in [0.3, 0.4) is 0 Å². The quantitative estimate of drug-likeness (QED) is 0.473. The minimum atomic E-state index is -0.0743. The third kappa shape index (κ3) is 4.13. The topological polar surface area (TPSA) is 81.4 Å². The molecular weight excluding hydrogens is 398 g/mol. The minimum absolute atomic E-state index is 0.0743. The SMILES string of the molecule is COc1ccc(-c2nnc3ccc(SCC(=O)Nc4cccc(C)c4C)nn23)cc1. The lowest BCUT2D eigenvalue weighted by molar-refractivity contribution is -0.113. The third-order valence-corrected chi connectivity index (χ3v) is 5.74. The first-order valence-electron chi connectivity index (χ1n) is 9.41. The zero-order valence-corrected chi connectivity index (χ0v) is 17.7. The second-order valence-electron chi connectivity index (χ2n) is 6.78. The number of amides is 1. The number of ether oxygens (including phenoxy) is 1. The molecule has 2 aromatic carbocycles. The summed E-state index contributed by atoms with van der Waals surface area (Å²) in [6.07, 6.45) is 0. The van der Waals surface area contributed by atoms with E-state index in [1.807, 2.05) is 68.4 Å². The molecule has 0 radical (unpaired) electrons. The average molecular weight is 420 g/mol. The number of hydrogen-bond acceptors (Lipinski definition) is 6. The van der Waals surface area contributed by atoms with Crippen LogP contribution in [0.4, 0.5) is 5.69 Å². The van der Waals surface area contributed by atoms with Crippen molar-refractivity contribution in [1.29, 1.82) is 0 Å². The molecule has 4 aromatic rings. The van der Waals surface area contributed by atoms with Gasteiger partial charge in [-0.25, -0.2) is 0 Å². The molecule has 2 heterocycles. The van der Waals surface area contributed by atoms with Crippen molar-refractivity contribution < 1.29 is 9.53 Å². The van der Waals surface area contributed by atoms with Crippen LogP contribution in [0.25, 0.3) is 17.0 Å². The van der Waals surface area contributed by atoms with Crippen molar-refractivity contribution in [2.45, 2.75) is 18.9 Å². The van der Waals surface area contributed by atoms with Crippen LogP contribution in [0, 0.1) is 13.8 Å². The van der Waals surface area contributed by atoms with E-state index in [1.165, 1.54) is 11.8 Å². The summed E-state index contributed by atoms with van der Waals surface area (Å²) in [5.74, 6) is 1.59. The highest BCUT2D eigenvalue weighted by Crippen LogP contribution is 2.23. The van der Waals surface area contributed by atoms with Gasteiger partial charge in [0.05, 0.1) is 12.9 Å². The molecule has 0 aliphatic heterocycles. The Kier molecular flexibility index (Phi) is 5.67. The van der Waals surface area contributed by atoms with Crippen LogP contribution in [0.15, 0.2) is 59.6 Å². The van der Waals surface area contributed by atoms with Crippen LogP contribution in [-0.2, 0) is 4.79 Å². The zero-order chi connectivity index (χ0) is 21.1. The Morgan fingerprint density at radius 1 is 1.07 bits per heavy atom. The predicted octanol–water partition coefficient (Wildman–Crippen LogP) is 4.15. The molecule has 0 aliphatic rings. The van der Waals surface area contributed by atoms with Crippen molar-refractivity contribution >= 4 is 29.0 Å². The van der Waals surface area contributed by atoms with Crippen molar-refractivity contribution in [2.75, 3.05) is 18.2 Å². The van der Waals surface area contributed by atoms with Crippen LogP contribution in [0.2, 0.25) is 0 Å². The number of methoxy groups -OCH3 is 1. The maximum Gasteiger partial charge on any atom is 0.234 e. The van der Waals surface area contributed by atoms with Gasteiger partial charge in [-0.3, -0.25) is 4.79 Å². The van der Waals surface area contributed by atoms with Crippen molar-refractivity contribution in [2.24, 2.45) is 0 Å². The van der Waals surface area contributed by atoms with Crippen molar-refractivity contribution in [3.8, 4) is 17.1 Å². The van der Waals surface area contributed by atoms with Crippen molar-refractivity contribution in [1.82, 2.24) is 19.8 Å². The molecule has 0 spiro atoms. The number of rotatable bonds is 6. The molecule has 0 saturated heterocycles. The van der Waals surface area contributed by atoms with Crippen molar-refractivity contribution in [3.05, 3.63) is 65.7 Å². The van der Waals surface area contributed by atoms with E-state index >= 15 is 0 Å². The molecule has 0 fully saturated rings. The summed E-state index contributed by atoms with van der Waals surface area (Å²) in [5, 5.41) is 16.7. The Morgan fingerprint density at radius 2 is 1.87 bits per heavy atom. The number of benzene rings is 2. The second-order valence-corrected chi connectivity index (χ2v) is 7.77. The van der Waals surface area contributed by atoms with E-state index in [1.54, 1.807) is 11.6 Å². The van der Waals surface area contributed by atoms with Gasteiger partial charge in [-0.1, -0.05) is 23.9 Å². The molecule has 0 atom stereocenters. The van der Waals surface area contributed by atoms with E-state index < -0.39 is 0 Å². The van der Waals surface area contributed by atoms with E-state index in [-0.39, 0.29) is 11.7 Å². The molecular formula is C22H21N5O2S. The first-order valence-corrected chi connectivity index (χ1v) is 10.4. The molecule has 2 aromatic heterocycles. The van der Waals surface area contributed by atoms with Gasteiger partial charge in [-0.2, -0.15) is 9.61 Å². The number of aromatic nitrogens is 4. The van der Waals surface area contributed by atoms with E-state index in [9.17, 15) is 4.79 Å². The Labute approximate surface area is 178 Å². The van der Waals surface area contributed by atoms with Gasteiger partial charge >= 0.3 is 0 Å². The van der Waals surface area contributed by atoms with Gasteiger partial charge in [0, 0.05) is 11.3 Å². The maximum atomic E-state index is 12.4. The zero-order valence-electron chi connectivity index (χ0n) is 16.9. The van der Waals surface area contributed by atoms with Crippen molar-refractivity contribution in [3.63, 3.8) is 0 Å². The van der Waals surface area contributed by atoms with Gasteiger partial charge in [0.25, 0.3) is 0 Å².